The van der Waals surface area contributed by atoms with Crippen LogP contribution in [0.2, 0.25) is 0 Å². The first-order chi connectivity index (χ1) is 15.7. The molecule has 2 atom stereocenters. The molecule has 8 heteroatoms. The number of hydrogen-bond acceptors (Lipinski definition) is 5. The van der Waals surface area contributed by atoms with Crippen molar-refractivity contribution in [1.29, 1.82) is 0 Å². The predicted molar refractivity (Wildman–Crippen MR) is 123 cm³/mol. The molecular formula is C25H28N2O6. The third-order valence-electron chi connectivity index (χ3n) is 5.58. The smallest absolute Gasteiger partial charge is 0.415 e. The summed E-state index contributed by atoms with van der Waals surface area (Å²) in [6.07, 6.45) is -2.34. The van der Waals surface area contributed by atoms with E-state index < -0.39 is 48.2 Å². The number of rotatable bonds is 8. The summed E-state index contributed by atoms with van der Waals surface area (Å²) in [5, 5.41) is 11.5. The summed E-state index contributed by atoms with van der Waals surface area (Å²) >= 11 is 0. The predicted octanol–water partition coefficient (Wildman–Crippen LogP) is 3.77. The number of anilines is 1. The van der Waals surface area contributed by atoms with E-state index in [9.17, 15) is 19.2 Å². The van der Waals surface area contributed by atoms with Gasteiger partial charge in [0.05, 0.1) is 24.7 Å². The maximum Gasteiger partial charge on any atom is 0.415 e. The number of ether oxygens (including phenoxy) is 1. The fourth-order valence-corrected chi connectivity index (χ4v) is 3.86. The molecule has 0 spiro atoms. The summed E-state index contributed by atoms with van der Waals surface area (Å²) in [5.74, 6) is -2.70. The number of carbonyl (C=O) groups is 4. The first kappa shape index (κ1) is 24.0. The summed E-state index contributed by atoms with van der Waals surface area (Å²) in [7, 11) is 0. The standard InChI is InChI=1S/C25H28N2O6/c1-4-21(28)19(13-22(29)30)26-24(31)23(15(2)3)33-25(32)27-14-16-9-5-6-10-17(16)18-11-7-8-12-20(18)27/h5-12,15,19,23H,4,13-14H2,1-3H3,(H,26,31)(H,29,30). The summed E-state index contributed by atoms with van der Waals surface area (Å²) < 4.78 is 5.62. The first-order valence-electron chi connectivity index (χ1n) is 10.9. The zero-order valence-corrected chi connectivity index (χ0v) is 18.9. The van der Waals surface area contributed by atoms with Crippen LogP contribution in [0.25, 0.3) is 11.1 Å². The summed E-state index contributed by atoms with van der Waals surface area (Å²) in [6, 6.07) is 14.0. The van der Waals surface area contributed by atoms with Crippen LogP contribution in [0.4, 0.5) is 10.5 Å². The van der Waals surface area contributed by atoms with Crippen LogP contribution >= 0.6 is 0 Å². The molecule has 1 aliphatic rings. The lowest BCUT2D eigenvalue weighted by atomic mass is 9.94. The molecule has 2 aromatic carbocycles. The SMILES string of the molecule is CCC(=O)C(CC(=O)O)NC(=O)C(OC(=O)N1Cc2ccccc2-c2ccccc21)C(C)C. The third-order valence-corrected chi connectivity index (χ3v) is 5.58. The van der Waals surface area contributed by atoms with Crippen LogP contribution in [0.15, 0.2) is 48.5 Å². The minimum atomic E-state index is -1.20. The van der Waals surface area contributed by atoms with E-state index in [-0.39, 0.29) is 13.0 Å². The molecule has 0 fully saturated rings. The zero-order chi connectivity index (χ0) is 24.1. The number of hydrogen-bond donors (Lipinski definition) is 2. The van der Waals surface area contributed by atoms with Crippen molar-refractivity contribution in [3.8, 4) is 11.1 Å². The number of fused-ring (bicyclic) bond motifs is 3. The van der Waals surface area contributed by atoms with E-state index in [0.29, 0.717) is 5.69 Å². The highest BCUT2D eigenvalue weighted by Gasteiger charge is 2.34. The van der Waals surface area contributed by atoms with Gasteiger partial charge < -0.3 is 15.2 Å². The van der Waals surface area contributed by atoms with E-state index in [2.05, 4.69) is 5.32 Å². The number of carbonyl (C=O) groups excluding carboxylic acids is 3. The molecule has 33 heavy (non-hydrogen) atoms. The zero-order valence-electron chi connectivity index (χ0n) is 18.9. The Kier molecular flexibility index (Phi) is 7.48. The number of nitrogens with zero attached hydrogens (tertiary/aromatic N) is 1. The Labute approximate surface area is 192 Å². The van der Waals surface area contributed by atoms with Crippen LogP contribution < -0.4 is 10.2 Å². The van der Waals surface area contributed by atoms with Gasteiger partial charge in [0, 0.05) is 12.0 Å². The van der Waals surface area contributed by atoms with Crippen molar-refractivity contribution in [2.45, 2.75) is 52.3 Å². The minimum absolute atomic E-state index is 0.0777. The van der Waals surface area contributed by atoms with Crippen molar-refractivity contribution in [1.82, 2.24) is 5.32 Å². The normalized spacial score (nSPS) is 14.0. The van der Waals surface area contributed by atoms with Gasteiger partial charge in [-0.15, -0.1) is 0 Å². The molecule has 0 radical (unpaired) electrons. The topological polar surface area (TPSA) is 113 Å². The average molecular weight is 453 g/mol. The molecule has 0 bridgehead atoms. The maximum atomic E-state index is 13.2. The van der Waals surface area contributed by atoms with Crippen molar-refractivity contribution < 1.29 is 29.0 Å². The quantitative estimate of drug-likeness (QED) is 0.630. The molecule has 2 amide bonds. The molecule has 1 aliphatic heterocycles. The lowest BCUT2D eigenvalue weighted by molar-refractivity contribution is -0.141. The third kappa shape index (κ3) is 5.39. The highest BCUT2D eigenvalue weighted by Crippen LogP contribution is 2.39. The Morgan fingerprint density at radius 3 is 2.30 bits per heavy atom. The van der Waals surface area contributed by atoms with Gasteiger partial charge in [0.1, 0.15) is 0 Å². The summed E-state index contributed by atoms with van der Waals surface area (Å²) in [5.41, 5.74) is 3.55. The highest BCUT2D eigenvalue weighted by atomic mass is 16.6. The summed E-state index contributed by atoms with van der Waals surface area (Å²) in [4.78, 5) is 50.8. The number of amides is 2. The van der Waals surface area contributed by atoms with Gasteiger partial charge in [-0.2, -0.15) is 0 Å². The van der Waals surface area contributed by atoms with Crippen LogP contribution in [-0.2, 0) is 25.7 Å². The fraction of sp³-hybridized carbons (Fsp3) is 0.360. The van der Waals surface area contributed by atoms with Gasteiger partial charge in [0.25, 0.3) is 5.91 Å². The molecule has 0 aliphatic carbocycles. The lowest BCUT2D eigenvalue weighted by Crippen LogP contribution is -2.50. The van der Waals surface area contributed by atoms with E-state index >= 15 is 0 Å². The van der Waals surface area contributed by atoms with E-state index in [0.717, 1.165) is 16.7 Å². The van der Waals surface area contributed by atoms with Crippen molar-refractivity contribution in [3.05, 3.63) is 54.1 Å². The number of nitrogens with one attached hydrogen (secondary N) is 1. The fourth-order valence-electron chi connectivity index (χ4n) is 3.86. The number of Topliss-reactive ketones (excluding diaryl/α,β-unsaturated/α-hetero) is 1. The molecule has 0 saturated heterocycles. The number of carboxylic acid groups (broad SMARTS) is 1. The van der Waals surface area contributed by atoms with Gasteiger partial charge >= 0.3 is 12.1 Å². The number of carboxylic acids is 1. The van der Waals surface area contributed by atoms with Gasteiger partial charge in [0.15, 0.2) is 11.9 Å². The molecule has 0 aromatic heterocycles. The number of aliphatic carboxylic acids is 1. The number of para-hydroxylation sites is 1. The Hall–Kier alpha value is -3.68. The van der Waals surface area contributed by atoms with Crippen molar-refractivity contribution in [2.24, 2.45) is 5.92 Å². The van der Waals surface area contributed by atoms with Crippen LogP contribution in [0.3, 0.4) is 0 Å². The second kappa shape index (κ2) is 10.3. The molecule has 174 valence electrons. The van der Waals surface area contributed by atoms with Crippen molar-refractivity contribution in [2.75, 3.05) is 4.90 Å². The van der Waals surface area contributed by atoms with E-state index in [1.807, 2.05) is 48.5 Å². The molecule has 2 aromatic rings. The van der Waals surface area contributed by atoms with E-state index in [1.54, 1.807) is 20.8 Å². The van der Waals surface area contributed by atoms with Crippen LogP contribution in [-0.4, -0.2) is 41.0 Å². The molecule has 1 heterocycles. The Balaban J connectivity index is 1.81. The van der Waals surface area contributed by atoms with Crippen LogP contribution in [0, 0.1) is 5.92 Å². The first-order valence-corrected chi connectivity index (χ1v) is 10.9. The number of ketones is 1. The minimum Gasteiger partial charge on any atom is -0.481 e. The van der Waals surface area contributed by atoms with E-state index in [1.165, 1.54) is 4.90 Å². The molecule has 0 saturated carbocycles. The largest absolute Gasteiger partial charge is 0.481 e. The average Bonchev–Trinajstić information content (AvgIpc) is 2.80. The second-order valence-corrected chi connectivity index (χ2v) is 8.29. The molecule has 2 N–H and O–H groups in total. The molecule has 3 rings (SSSR count). The molecule has 2 unspecified atom stereocenters. The van der Waals surface area contributed by atoms with Crippen molar-refractivity contribution >= 4 is 29.4 Å². The van der Waals surface area contributed by atoms with E-state index in [4.69, 9.17) is 9.84 Å². The van der Waals surface area contributed by atoms with Gasteiger partial charge in [-0.1, -0.05) is 63.2 Å². The van der Waals surface area contributed by atoms with Gasteiger partial charge in [-0.05, 0) is 23.1 Å². The number of benzene rings is 2. The monoisotopic (exact) mass is 452 g/mol. The summed E-state index contributed by atoms with van der Waals surface area (Å²) in [6.45, 7) is 5.30. The van der Waals surface area contributed by atoms with Crippen LogP contribution in [0.5, 0.6) is 0 Å². The van der Waals surface area contributed by atoms with Gasteiger partial charge in [0.2, 0.25) is 0 Å². The Bertz CT molecular complexity index is 1060. The lowest BCUT2D eigenvalue weighted by Gasteiger charge is -2.32. The maximum absolute atomic E-state index is 13.2. The molecular weight excluding hydrogens is 424 g/mol. The second-order valence-electron chi connectivity index (χ2n) is 8.29. The van der Waals surface area contributed by atoms with Crippen LogP contribution in [0.1, 0.15) is 39.2 Å². The van der Waals surface area contributed by atoms with Gasteiger partial charge in [-0.25, -0.2) is 4.79 Å². The van der Waals surface area contributed by atoms with Crippen molar-refractivity contribution in [3.63, 3.8) is 0 Å². The Morgan fingerprint density at radius 2 is 1.67 bits per heavy atom. The highest BCUT2D eigenvalue weighted by molar-refractivity contribution is 5.98. The van der Waals surface area contributed by atoms with Gasteiger partial charge in [-0.3, -0.25) is 19.3 Å². The molecule has 8 nitrogen and oxygen atoms in total. The Morgan fingerprint density at radius 1 is 1.03 bits per heavy atom.